The van der Waals surface area contributed by atoms with Crippen molar-refractivity contribution in [3.8, 4) is 0 Å². The Labute approximate surface area is 103 Å². The number of nitrogens with zero attached hydrogens (tertiary/aromatic N) is 1. The minimum absolute atomic E-state index is 0.0590. The number of aromatic nitrogens is 1. The summed E-state index contributed by atoms with van der Waals surface area (Å²) < 4.78 is 0. The Balaban J connectivity index is 2.54. The lowest BCUT2D eigenvalue weighted by Gasteiger charge is -2.16. The van der Waals surface area contributed by atoms with Crippen LogP contribution >= 0.6 is 0 Å². The average molecular weight is 235 g/mol. The molecule has 0 fully saturated rings. The zero-order chi connectivity index (χ0) is 12.7. The Bertz CT molecular complexity index is 348. The van der Waals surface area contributed by atoms with E-state index in [1.807, 2.05) is 13.0 Å². The van der Waals surface area contributed by atoms with Crippen molar-refractivity contribution in [2.75, 3.05) is 6.54 Å². The molecule has 1 amide bonds. The fraction of sp³-hybridized carbons (Fsp3) is 0.538. The van der Waals surface area contributed by atoms with Gasteiger partial charge in [0.1, 0.15) is 0 Å². The van der Waals surface area contributed by atoms with Crippen LogP contribution in [0.4, 0.5) is 0 Å². The molecule has 0 aliphatic carbocycles. The van der Waals surface area contributed by atoms with Crippen LogP contribution in [0, 0.1) is 6.92 Å². The van der Waals surface area contributed by atoms with Gasteiger partial charge in [0, 0.05) is 24.5 Å². The number of carbonyl (C=O) groups excluding carboxylic acids is 1. The van der Waals surface area contributed by atoms with Crippen LogP contribution in [-0.4, -0.2) is 23.5 Å². The summed E-state index contributed by atoms with van der Waals surface area (Å²) in [5, 5.41) is 2.93. The number of rotatable bonds is 6. The molecule has 1 heterocycles. The maximum atomic E-state index is 11.9. The summed E-state index contributed by atoms with van der Waals surface area (Å²) in [4.78, 5) is 16.0. The summed E-state index contributed by atoms with van der Waals surface area (Å²) in [6.07, 6.45) is 4.71. The van der Waals surface area contributed by atoms with Crippen LogP contribution in [0.1, 0.15) is 42.2 Å². The highest BCUT2D eigenvalue weighted by Crippen LogP contribution is 2.03. The molecule has 4 nitrogen and oxygen atoms in total. The van der Waals surface area contributed by atoms with Gasteiger partial charge in [0.25, 0.3) is 5.91 Å². The number of nitrogens with one attached hydrogen (secondary N) is 1. The largest absolute Gasteiger partial charge is 0.348 e. The number of carbonyl (C=O) groups is 1. The summed E-state index contributed by atoms with van der Waals surface area (Å²) in [5.74, 6) is -0.0935. The molecular weight excluding hydrogens is 214 g/mol. The summed E-state index contributed by atoms with van der Waals surface area (Å²) in [7, 11) is 0. The van der Waals surface area contributed by atoms with Crippen LogP contribution < -0.4 is 11.1 Å². The number of aryl methyl sites for hydroxylation is 1. The van der Waals surface area contributed by atoms with Gasteiger partial charge in [0.05, 0.1) is 5.56 Å². The van der Waals surface area contributed by atoms with Gasteiger partial charge in [0.2, 0.25) is 0 Å². The van der Waals surface area contributed by atoms with Crippen molar-refractivity contribution in [2.24, 2.45) is 5.73 Å². The topological polar surface area (TPSA) is 68.0 Å². The van der Waals surface area contributed by atoms with Gasteiger partial charge in [-0.1, -0.05) is 19.8 Å². The molecule has 0 aromatic carbocycles. The zero-order valence-electron chi connectivity index (χ0n) is 10.6. The molecule has 0 aliphatic rings. The van der Waals surface area contributed by atoms with E-state index in [-0.39, 0.29) is 11.9 Å². The average Bonchev–Trinajstić information content (AvgIpc) is 2.35. The molecular formula is C13H21N3O. The van der Waals surface area contributed by atoms with Gasteiger partial charge >= 0.3 is 0 Å². The van der Waals surface area contributed by atoms with E-state index in [0.717, 1.165) is 25.0 Å². The van der Waals surface area contributed by atoms with Crippen LogP contribution in [-0.2, 0) is 0 Å². The van der Waals surface area contributed by atoms with E-state index in [0.29, 0.717) is 12.1 Å². The molecule has 17 heavy (non-hydrogen) atoms. The third-order valence-corrected chi connectivity index (χ3v) is 2.70. The highest BCUT2D eigenvalue weighted by atomic mass is 16.1. The van der Waals surface area contributed by atoms with Gasteiger partial charge < -0.3 is 11.1 Å². The van der Waals surface area contributed by atoms with Crippen LogP contribution in [0.25, 0.3) is 0 Å². The highest BCUT2D eigenvalue weighted by Gasteiger charge is 2.11. The number of hydrogen-bond acceptors (Lipinski definition) is 3. The van der Waals surface area contributed by atoms with E-state index in [2.05, 4.69) is 17.2 Å². The maximum absolute atomic E-state index is 11.9. The Morgan fingerprint density at radius 1 is 1.53 bits per heavy atom. The van der Waals surface area contributed by atoms with Gasteiger partial charge in [-0.15, -0.1) is 0 Å². The first-order chi connectivity index (χ1) is 8.17. The van der Waals surface area contributed by atoms with Gasteiger partial charge in [0.15, 0.2) is 0 Å². The predicted octanol–water partition coefficient (Wildman–Crippen LogP) is 1.64. The van der Waals surface area contributed by atoms with E-state index in [1.54, 1.807) is 12.3 Å². The number of unbranched alkanes of at least 4 members (excludes halogenated alkanes) is 1. The molecule has 0 aliphatic heterocycles. The molecule has 0 spiro atoms. The smallest absolute Gasteiger partial charge is 0.253 e. The van der Waals surface area contributed by atoms with Crippen molar-refractivity contribution in [1.82, 2.24) is 10.3 Å². The minimum Gasteiger partial charge on any atom is -0.348 e. The van der Waals surface area contributed by atoms with Crippen LogP contribution in [0.3, 0.4) is 0 Å². The van der Waals surface area contributed by atoms with Crippen molar-refractivity contribution in [1.29, 1.82) is 0 Å². The number of amides is 1. The van der Waals surface area contributed by atoms with Gasteiger partial charge in [-0.3, -0.25) is 9.78 Å². The summed E-state index contributed by atoms with van der Waals surface area (Å²) in [6.45, 7) is 4.50. The van der Waals surface area contributed by atoms with Crippen molar-refractivity contribution in [2.45, 2.75) is 39.2 Å². The second-order valence-corrected chi connectivity index (χ2v) is 4.24. The summed E-state index contributed by atoms with van der Waals surface area (Å²) in [6, 6.07) is 3.67. The minimum atomic E-state index is -0.0935. The lowest BCUT2D eigenvalue weighted by atomic mass is 10.1. The van der Waals surface area contributed by atoms with E-state index in [9.17, 15) is 4.79 Å². The second-order valence-electron chi connectivity index (χ2n) is 4.24. The third kappa shape index (κ3) is 4.53. The van der Waals surface area contributed by atoms with E-state index in [4.69, 9.17) is 5.73 Å². The highest BCUT2D eigenvalue weighted by molar-refractivity contribution is 5.94. The normalized spacial score (nSPS) is 12.2. The second kappa shape index (κ2) is 7.01. The van der Waals surface area contributed by atoms with Crippen molar-refractivity contribution in [3.63, 3.8) is 0 Å². The third-order valence-electron chi connectivity index (χ3n) is 2.70. The van der Waals surface area contributed by atoms with Gasteiger partial charge in [-0.05, 0) is 25.5 Å². The molecule has 3 N–H and O–H groups in total. The van der Waals surface area contributed by atoms with Crippen molar-refractivity contribution < 1.29 is 4.79 Å². The first-order valence-electron chi connectivity index (χ1n) is 6.11. The summed E-state index contributed by atoms with van der Waals surface area (Å²) in [5.41, 5.74) is 7.13. The number of hydrogen-bond donors (Lipinski definition) is 2. The number of pyridine rings is 1. The lowest BCUT2D eigenvalue weighted by molar-refractivity contribution is 0.0935. The van der Waals surface area contributed by atoms with E-state index in [1.165, 1.54) is 0 Å². The first-order valence-corrected chi connectivity index (χ1v) is 6.11. The Hall–Kier alpha value is -1.42. The fourth-order valence-corrected chi connectivity index (χ4v) is 1.57. The van der Waals surface area contributed by atoms with Gasteiger partial charge in [-0.25, -0.2) is 0 Å². The molecule has 1 aromatic heterocycles. The Kier molecular flexibility index (Phi) is 5.63. The van der Waals surface area contributed by atoms with Crippen molar-refractivity contribution >= 4 is 5.91 Å². The fourth-order valence-electron chi connectivity index (χ4n) is 1.57. The predicted molar refractivity (Wildman–Crippen MR) is 68.8 cm³/mol. The quantitative estimate of drug-likeness (QED) is 0.787. The molecule has 1 aromatic rings. The van der Waals surface area contributed by atoms with Crippen molar-refractivity contribution in [3.05, 3.63) is 29.6 Å². The van der Waals surface area contributed by atoms with E-state index < -0.39 is 0 Å². The van der Waals surface area contributed by atoms with E-state index >= 15 is 0 Å². The molecule has 0 radical (unpaired) electrons. The molecule has 4 heteroatoms. The first kappa shape index (κ1) is 13.6. The summed E-state index contributed by atoms with van der Waals surface area (Å²) >= 11 is 0. The molecule has 1 rings (SSSR count). The van der Waals surface area contributed by atoms with Gasteiger partial charge in [-0.2, -0.15) is 0 Å². The molecule has 0 saturated carbocycles. The van der Waals surface area contributed by atoms with Crippen LogP contribution in [0.5, 0.6) is 0 Å². The van der Waals surface area contributed by atoms with Crippen LogP contribution in [0.2, 0.25) is 0 Å². The lowest BCUT2D eigenvalue weighted by Crippen LogP contribution is -2.40. The Morgan fingerprint density at radius 3 is 2.82 bits per heavy atom. The van der Waals surface area contributed by atoms with Crippen LogP contribution in [0.15, 0.2) is 18.3 Å². The number of nitrogens with two attached hydrogens (primary N) is 1. The molecule has 1 unspecified atom stereocenters. The molecule has 94 valence electrons. The molecule has 0 bridgehead atoms. The molecule has 1 atom stereocenters. The maximum Gasteiger partial charge on any atom is 0.253 e. The molecule has 0 saturated heterocycles. The standard InChI is InChI=1S/C13H21N3O/c1-3-4-5-12(8-14)16-13(17)11-7-6-10(2)15-9-11/h6-7,9,12H,3-5,8,14H2,1-2H3,(H,16,17). The monoisotopic (exact) mass is 235 g/mol. The SMILES string of the molecule is CCCCC(CN)NC(=O)c1ccc(C)nc1. The Morgan fingerprint density at radius 2 is 2.29 bits per heavy atom. The zero-order valence-corrected chi connectivity index (χ0v) is 10.6.